The van der Waals surface area contributed by atoms with E-state index in [-0.39, 0.29) is 0 Å². The SMILES string of the molecule is Brc1ccc(-c2cc(-c3ccc(-c4ccccc4)cc3)nc(-c3ccccc3)n2)cc1.c1ccc(-c2cc(-c3ccccc3)nc(-c3ccccc3)c2)cc1. The maximum atomic E-state index is 4.90. The molecule has 0 atom stereocenters. The van der Waals surface area contributed by atoms with E-state index in [0.717, 1.165) is 60.9 Å². The standard InChI is InChI=1S/C28H19BrN2.C23H17N/c29-25-17-15-23(16-18-25)27-19-26(30-28(31-27)24-9-5-2-6-10-24)22-13-11-21(12-14-22)20-7-3-1-4-8-20;1-4-10-18(11-5-1)21-16-22(19-12-6-2-7-13-19)24-23(17-21)20-14-8-3-9-15-20/h1-19H;1-17H. The summed E-state index contributed by atoms with van der Waals surface area (Å²) in [7, 11) is 0. The second kappa shape index (κ2) is 16.9. The molecule has 2 heterocycles. The van der Waals surface area contributed by atoms with Crippen molar-refractivity contribution in [2.24, 2.45) is 0 Å². The van der Waals surface area contributed by atoms with Gasteiger partial charge in [0.05, 0.1) is 22.8 Å². The number of rotatable bonds is 7. The summed E-state index contributed by atoms with van der Waals surface area (Å²) < 4.78 is 1.05. The van der Waals surface area contributed by atoms with Crippen molar-refractivity contribution in [3.8, 4) is 78.7 Å². The normalized spacial score (nSPS) is 10.6. The van der Waals surface area contributed by atoms with Gasteiger partial charge in [-0.15, -0.1) is 0 Å². The van der Waals surface area contributed by atoms with Crippen LogP contribution in [0.4, 0.5) is 0 Å². The number of halogens is 1. The van der Waals surface area contributed by atoms with Gasteiger partial charge < -0.3 is 0 Å². The first-order valence-electron chi connectivity index (χ1n) is 18.2. The molecule has 9 rings (SSSR count). The third-order valence-electron chi connectivity index (χ3n) is 9.26. The highest BCUT2D eigenvalue weighted by Gasteiger charge is 2.12. The molecule has 0 bridgehead atoms. The monoisotopic (exact) mass is 769 g/mol. The zero-order valence-corrected chi connectivity index (χ0v) is 31.6. The highest BCUT2D eigenvalue weighted by atomic mass is 79.9. The zero-order chi connectivity index (χ0) is 37.2. The number of hydrogen-bond donors (Lipinski definition) is 0. The van der Waals surface area contributed by atoms with Gasteiger partial charge in [-0.05, 0) is 52.6 Å². The third-order valence-corrected chi connectivity index (χ3v) is 9.79. The summed E-state index contributed by atoms with van der Waals surface area (Å²) in [5.41, 5.74) is 14.0. The lowest BCUT2D eigenvalue weighted by Crippen LogP contribution is -1.95. The van der Waals surface area contributed by atoms with Crippen LogP contribution in [-0.2, 0) is 0 Å². The van der Waals surface area contributed by atoms with E-state index in [1.807, 2.05) is 91.0 Å². The first kappa shape index (κ1) is 35.3. The van der Waals surface area contributed by atoms with Crippen molar-refractivity contribution in [3.63, 3.8) is 0 Å². The van der Waals surface area contributed by atoms with E-state index < -0.39 is 0 Å². The molecule has 0 saturated heterocycles. The summed E-state index contributed by atoms with van der Waals surface area (Å²) in [6, 6.07) is 74.8. The summed E-state index contributed by atoms with van der Waals surface area (Å²) >= 11 is 3.51. The molecule has 0 N–H and O–H groups in total. The van der Waals surface area contributed by atoms with Gasteiger partial charge in [-0.25, -0.2) is 15.0 Å². The Morgan fingerprint density at radius 2 is 0.527 bits per heavy atom. The highest BCUT2D eigenvalue weighted by Crippen LogP contribution is 2.31. The molecule has 0 aliphatic heterocycles. The minimum Gasteiger partial charge on any atom is -0.248 e. The number of hydrogen-bond acceptors (Lipinski definition) is 3. The van der Waals surface area contributed by atoms with Crippen LogP contribution in [0.2, 0.25) is 0 Å². The van der Waals surface area contributed by atoms with Crippen LogP contribution in [0.5, 0.6) is 0 Å². The number of benzene rings is 7. The van der Waals surface area contributed by atoms with Gasteiger partial charge >= 0.3 is 0 Å². The van der Waals surface area contributed by atoms with Gasteiger partial charge in [0.25, 0.3) is 0 Å². The predicted octanol–water partition coefficient (Wildman–Crippen LogP) is 14.0. The minimum absolute atomic E-state index is 0.725. The lowest BCUT2D eigenvalue weighted by molar-refractivity contribution is 1.18. The van der Waals surface area contributed by atoms with Gasteiger partial charge in [0.2, 0.25) is 0 Å². The molecule has 0 aliphatic rings. The predicted molar refractivity (Wildman–Crippen MR) is 232 cm³/mol. The fourth-order valence-electron chi connectivity index (χ4n) is 6.39. The van der Waals surface area contributed by atoms with Crippen molar-refractivity contribution in [1.29, 1.82) is 0 Å². The minimum atomic E-state index is 0.725. The van der Waals surface area contributed by atoms with E-state index in [1.54, 1.807) is 0 Å². The Hall–Kier alpha value is -6.75. The lowest BCUT2D eigenvalue weighted by atomic mass is 10.00. The highest BCUT2D eigenvalue weighted by molar-refractivity contribution is 9.10. The molecule has 4 heteroatoms. The van der Waals surface area contributed by atoms with E-state index >= 15 is 0 Å². The molecule has 262 valence electrons. The second-order valence-electron chi connectivity index (χ2n) is 13.0. The van der Waals surface area contributed by atoms with Crippen LogP contribution in [0.3, 0.4) is 0 Å². The molecule has 55 heavy (non-hydrogen) atoms. The molecule has 9 aromatic rings. The number of aromatic nitrogens is 3. The van der Waals surface area contributed by atoms with Crippen molar-refractivity contribution >= 4 is 15.9 Å². The third kappa shape index (κ3) is 8.73. The molecule has 0 amide bonds. The lowest BCUT2D eigenvalue weighted by Gasteiger charge is -2.10. The maximum Gasteiger partial charge on any atom is 0.160 e. The van der Waals surface area contributed by atoms with Crippen LogP contribution in [0.25, 0.3) is 78.7 Å². The quantitative estimate of drug-likeness (QED) is 0.162. The Morgan fingerprint density at radius 3 is 0.964 bits per heavy atom. The molecule has 0 fully saturated rings. The molecule has 0 aliphatic carbocycles. The smallest absolute Gasteiger partial charge is 0.160 e. The maximum absolute atomic E-state index is 4.90. The Kier molecular flexibility index (Phi) is 10.9. The zero-order valence-electron chi connectivity index (χ0n) is 30.0. The number of pyridine rings is 1. The summed E-state index contributed by atoms with van der Waals surface area (Å²) in [6.07, 6.45) is 0. The molecule has 0 radical (unpaired) electrons. The summed E-state index contributed by atoms with van der Waals surface area (Å²) in [4.78, 5) is 14.7. The molecule has 7 aromatic carbocycles. The van der Waals surface area contributed by atoms with Crippen molar-refractivity contribution in [2.45, 2.75) is 0 Å². The fourth-order valence-corrected chi connectivity index (χ4v) is 6.65. The van der Waals surface area contributed by atoms with E-state index in [0.29, 0.717) is 0 Å². The molecule has 2 aromatic heterocycles. The van der Waals surface area contributed by atoms with Crippen molar-refractivity contribution in [2.75, 3.05) is 0 Å². The van der Waals surface area contributed by atoms with Crippen LogP contribution in [0, 0.1) is 0 Å². The average molecular weight is 771 g/mol. The summed E-state index contributed by atoms with van der Waals surface area (Å²) in [6.45, 7) is 0. The second-order valence-corrected chi connectivity index (χ2v) is 13.9. The molecular weight excluding hydrogens is 734 g/mol. The van der Waals surface area contributed by atoms with Crippen LogP contribution in [0.15, 0.2) is 223 Å². The van der Waals surface area contributed by atoms with Gasteiger partial charge in [-0.1, -0.05) is 204 Å². The van der Waals surface area contributed by atoms with Crippen LogP contribution >= 0.6 is 15.9 Å². The van der Waals surface area contributed by atoms with Gasteiger partial charge in [-0.3, -0.25) is 0 Å². The van der Waals surface area contributed by atoms with Crippen LogP contribution in [0.1, 0.15) is 0 Å². The Bertz CT molecular complexity index is 2460. The van der Waals surface area contributed by atoms with Gasteiger partial charge in [0, 0.05) is 32.3 Å². The molecule has 0 unspecified atom stereocenters. The van der Waals surface area contributed by atoms with Gasteiger partial charge in [0.15, 0.2) is 5.82 Å². The molecular formula is C51H36BrN3. The van der Waals surface area contributed by atoms with Gasteiger partial charge in [0.1, 0.15) is 0 Å². The van der Waals surface area contributed by atoms with Crippen molar-refractivity contribution in [1.82, 2.24) is 15.0 Å². The van der Waals surface area contributed by atoms with Crippen molar-refractivity contribution in [3.05, 3.63) is 223 Å². The number of nitrogens with zero attached hydrogens (tertiary/aromatic N) is 3. The first-order valence-corrected chi connectivity index (χ1v) is 19.0. The fraction of sp³-hybridized carbons (Fsp3) is 0. The Labute approximate surface area is 330 Å². The molecule has 0 saturated carbocycles. The van der Waals surface area contributed by atoms with E-state index in [1.165, 1.54) is 22.3 Å². The molecule has 3 nitrogen and oxygen atoms in total. The van der Waals surface area contributed by atoms with E-state index in [9.17, 15) is 0 Å². The summed E-state index contributed by atoms with van der Waals surface area (Å²) in [5, 5.41) is 0. The van der Waals surface area contributed by atoms with Crippen LogP contribution in [-0.4, -0.2) is 15.0 Å². The Morgan fingerprint density at radius 1 is 0.236 bits per heavy atom. The van der Waals surface area contributed by atoms with Crippen molar-refractivity contribution < 1.29 is 0 Å². The summed E-state index contributed by atoms with van der Waals surface area (Å²) in [5.74, 6) is 0.725. The van der Waals surface area contributed by atoms with E-state index in [4.69, 9.17) is 15.0 Å². The van der Waals surface area contributed by atoms with Gasteiger partial charge in [-0.2, -0.15) is 0 Å². The molecule has 0 spiro atoms. The Balaban J connectivity index is 0.000000160. The average Bonchev–Trinajstić information content (AvgIpc) is 3.28. The van der Waals surface area contributed by atoms with E-state index in [2.05, 4.69) is 143 Å². The topological polar surface area (TPSA) is 38.7 Å². The van der Waals surface area contributed by atoms with Crippen LogP contribution < -0.4 is 0 Å². The largest absolute Gasteiger partial charge is 0.248 e. The first-order chi connectivity index (χ1) is 27.2.